The van der Waals surface area contributed by atoms with Crippen LogP contribution in [0.25, 0.3) is 6.08 Å². The molecule has 6 nitrogen and oxygen atoms in total. The Morgan fingerprint density at radius 2 is 1.81 bits per heavy atom. The minimum atomic E-state index is -0.778. The van der Waals surface area contributed by atoms with E-state index in [1.807, 2.05) is 63.2 Å². The number of amides is 1. The molecule has 1 amide bonds. The number of piperidine rings is 1. The number of anilines is 1. The van der Waals surface area contributed by atoms with Crippen molar-refractivity contribution >= 4 is 23.6 Å². The zero-order valence-corrected chi connectivity index (χ0v) is 16.4. The molecule has 1 aliphatic heterocycles. The fraction of sp³-hybridized carbons (Fsp3) is 0.476. The number of likely N-dealkylation sites (tertiary alicyclic amines) is 1. The Hall–Kier alpha value is -2.81. The van der Waals surface area contributed by atoms with Crippen LogP contribution < -0.4 is 4.90 Å². The van der Waals surface area contributed by atoms with Gasteiger partial charge in [0.2, 0.25) is 0 Å². The highest BCUT2D eigenvalue weighted by Gasteiger charge is 2.29. The average Bonchev–Trinajstić information content (AvgIpc) is 2.64. The molecule has 1 heterocycles. The number of nitrogens with zero attached hydrogens (tertiary/aromatic N) is 3. The maximum atomic E-state index is 12.4. The summed E-state index contributed by atoms with van der Waals surface area (Å²) in [5.74, 6) is -0.990. The molecule has 1 saturated heterocycles. The predicted octanol–water partition coefficient (Wildman–Crippen LogP) is 2.99. The molecule has 0 aromatic heterocycles. The van der Waals surface area contributed by atoms with Crippen LogP contribution in [0.5, 0.6) is 0 Å². The summed E-state index contributed by atoms with van der Waals surface area (Å²) in [4.78, 5) is 28.4. The standard InChI is InChI=1S/C21H27N3O3/c1-15-6-5-7-16(2)24(15)20(25)14-27-21(26)18(13-22)12-17-8-10-19(11-9-17)23(3)4/h8-12,15-16H,5-7,14H2,1-4H3. The van der Waals surface area contributed by atoms with Gasteiger partial charge in [0.15, 0.2) is 6.61 Å². The first-order valence-electron chi connectivity index (χ1n) is 9.21. The van der Waals surface area contributed by atoms with Crippen LogP contribution >= 0.6 is 0 Å². The molecule has 1 aromatic carbocycles. The summed E-state index contributed by atoms with van der Waals surface area (Å²) in [6.45, 7) is 3.67. The molecule has 2 atom stereocenters. The number of hydrogen-bond donors (Lipinski definition) is 0. The topological polar surface area (TPSA) is 73.6 Å². The summed E-state index contributed by atoms with van der Waals surface area (Å²) < 4.78 is 5.11. The molecule has 1 fully saturated rings. The number of esters is 1. The van der Waals surface area contributed by atoms with Gasteiger partial charge in [-0.05, 0) is 56.9 Å². The molecule has 6 heteroatoms. The largest absolute Gasteiger partial charge is 0.451 e. The molecule has 0 aliphatic carbocycles. The quantitative estimate of drug-likeness (QED) is 0.453. The van der Waals surface area contributed by atoms with Crippen molar-refractivity contribution in [2.24, 2.45) is 0 Å². The molecule has 0 saturated carbocycles. The summed E-state index contributed by atoms with van der Waals surface area (Å²) in [5, 5.41) is 9.28. The average molecular weight is 369 g/mol. The van der Waals surface area contributed by atoms with Crippen LogP contribution in [0.2, 0.25) is 0 Å². The van der Waals surface area contributed by atoms with Gasteiger partial charge < -0.3 is 14.5 Å². The second-order valence-corrected chi connectivity index (χ2v) is 7.16. The Morgan fingerprint density at radius 3 is 2.33 bits per heavy atom. The van der Waals surface area contributed by atoms with Crippen molar-refractivity contribution in [1.29, 1.82) is 5.26 Å². The zero-order chi connectivity index (χ0) is 20.0. The van der Waals surface area contributed by atoms with Crippen molar-refractivity contribution in [3.63, 3.8) is 0 Å². The van der Waals surface area contributed by atoms with Crippen LogP contribution in [0.15, 0.2) is 29.8 Å². The zero-order valence-electron chi connectivity index (χ0n) is 16.4. The summed E-state index contributed by atoms with van der Waals surface area (Å²) in [7, 11) is 3.87. The molecule has 144 valence electrons. The van der Waals surface area contributed by atoms with Gasteiger partial charge in [0.1, 0.15) is 11.6 Å². The van der Waals surface area contributed by atoms with Gasteiger partial charge in [0.25, 0.3) is 5.91 Å². The Balaban J connectivity index is 2.00. The lowest BCUT2D eigenvalue weighted by atomic mass is 9.97. The highest BCUT2D eigenvalue weighted by Crippen LogP contribution is 2.22. The van der Waals surface area contributed by atoms with E-state index in [2.05, 4.69) is 0 Å². The smallest absolute Gasteiger partial charge is 0.349 e. The maximum Gasteiger partial charge on any atom is 0.349 e. The van der Waals surface area contributed by atoms with Gasteiger partial charge >= 0.3 is 5.97 Å². The van der Waals surface area contributed by atoms with Gasteiger partial charge in [-0.2, -0.15) is 5.26 Å². The Kier molecular flexibility index (Phi) is 7.00. The van der Waals surface area contributed by atoms with E-state index in [0.717, 1.165) is 30.5 Å². The van der Waals surface area contributed by atoms with Crippen molar-refractivity contribution in [3.05, 3.63) is 35.4 Å². The molecule has 0 bridgehead atoms. The predicted molar refractivity (Wildman–Crippen MR) is 105 cm³/mol. The van der Waals surface area contributed by atoms with Gasteiger partial charge in [0.05, 0.1) is 0 Å². The second-order valence-electron chi connectivity index (χ2n) is 7.16. The maximum absolute atomic E-state index is 12.4. The summed E-state index contributed by atoms with van der Waals surface area (Å²) >= 11 is 0. The van der Waals surface area contributed by atoms with Gasteiger partial charge in [-0.15, -0.1) is 0 Å². The van der Waals surface area contributed by atoms with Crippen molar-refractivity contribution in [3.8, 4) is 6.07 Å². The van der Waals surface area contributed by atoms with E-state index >= 15 is 0 Å². The monoisotopic (exact) mass is 369 g/mol. The summed E-state index contributed by atoms with van der Waals surface area (Å²) in [6, 6.07) is 9.58. The van der Waals surface area contributed by atoms with Crippen LogP contribution in [-0.2, 0) is 14.3 Å². The molecular formula is C21H27N3O3. The minimum Gasteiger partial charge on any atom is -0.451 e. The normalized spacial score (nSPS) is 20.0. The second kappa shape index (κ2) is 9.22. The van der Waals surface area contributed by atoms with Crippen LogP contribution in [0, 0.1) is 11.3 Å². The van der Waals surface area contributed by atoms with E-state index in [1.165, 1.54) is 6.08 Å². The molecule has 1 aliphatic rings. The van der Waals surface area contributed by atoms with Crippen LogP contribution in [0.1, 0.15) is 38.7 Å². The van der Waals surface area contributed by atoms with E-state index in [0.29, 0.717) is 0 Å². The van der Waals surface area contributed by atoms with Crippen molar-refractivity contribution in [2.45, 2.75) is 45.2 Å². The molecule has 0 N–H and O–H groups in total. The molecule has 27 heavy (non-hydrogen) atoms. The number of ether oxygens (including phenoxy) is 1. The van der Waals surface area contributed by atoms with E-state index in [1.54, 1.807) is 4.90 Å². The Bertz CT molecular complexity index is 737. The Morgan fingerprint density at radius 1 is 1.22 bits per heavy atom. The molecule has 2 unspecified atom stereocenters. The lowest BCUT2D eigenvalue weighted by Crippen LogP contribution is -2.49. The first-order valence-corrected chi connectivity index (χ1v) is 9.21. The fourth-order valence-electron chi connectivity index (χ4n) is 3.36. The van der Waals surface area contributed by atoms with Gasteiger partial charge in [0, 0.05) is 31.9 Å². The van der Waals surface area contributed by atoms with Crippen molar-refractivity contribution < 1.29 is 14.3 Å². The van der Waals surface area contributed by atoms with Gasteiger partial charge in [-0.3, -0.25) is 4.79 Å². The first-order chi connectivity index (χ1) is 12.8. The molecular weight excluding hydrogens is 342 g/mol. The van der Waals surface area contributed by atoms with Crippen LogP contribution in [-0.4, -0.2) is 49.6 Å². The number of carbonyl (C=O) groups is 2. The lowest BCUT2D eigenvalue weighted by molar-refractivity contribution is -0.151. The van der Waals surface area contributed by atoms with Crippen LogP contribution in [0.4, 0.5) is 5.69 Å². The number of carbonyl (C=O) groups excluding carboxylic acids is 2. The highest BCUT2D eigenvalue weighted by atomic mass is 16.5. The third-order valence-corrected chi connectivity index (χ3v) is 4.87. The Labute approximate surface area is 161 Å². The van der Waals surface area contributed by atoms with Crippen molar-refractivity contribution in [2.75, 3.05) is 25.6 Å². The molecule has 0 radical (unpaired) electrons. The van der Waals surface area contributed by atoms with Gasteiger partial charge in [-0.25, -0.2) is 4.79 Å². The van der Waals surface area contributed by atoms with E-state index in [4.69, 9.17) is 4.74 Å². The molecule has 2 rings (SSSR count). The van der Waals surface area contributed by atoms with E-state index in [-0.39, 0.29) is 30.2 Å². The first kappa shape index (κ1) is 20.5. The third-order valence-electron chi connectivity index (χ3n) is 4.87. The minimum absolute atomic E-state index is 0.125. The lowest BCUT2D eigenvalue weighted by Gasteiger charge is -2.38. The third kappa shape index (κ3) is 5.33. The fourth-order valence-corrected chi connectivity index (χ4v) is 3.36. The van der Waals surface area contributed by atoms with Crippen molar-refractivity contribution in [1.82, 2.24) is 4.90 Å². The number of nitriles is 1. The van der Waals surface area contributed by atoms with E-state index in [9.17, 15) is 14.9 Å². The number of rotatable bonds is 5. The summed E-state index contributed by atoms with van der Waals surface area (Å²) in [6.07, 6.45) is 4.48. The van der Waals surface area contributed by atoms with E-state index < -0.39 is 5.97 Å². The number of benzene rings is 1. The molecule has 1 aromatic rings. The van der Waals surface area contributed by atoms with Crippen LogP contribution in [0.3, 0.4) is 0 Å². The van der Waals surface area contributed by atoms with Gasteiger partial charge in [-0.1, -0.05) is 12.1 Å². The SMILES string of the molecule is CC1CCCC(C)N1C(=O)COC(=O)C(C#N)=Cc1ccc(N(C)C)cc1. The molecule has 0 spiro atoms. The summed E-state index contributed by atoms with van der Waals surface area (Å²) in [5.41, 5.74) is 1.61. The number of hydrogen-bond acceptors (Lipinski definition) is 5. The highest BCUT2D eigenvalue weighted by molar-refractivity contribution is 5.98.